The summed E-state index contributed by atoms with van der Waals surface area (Å²) in [6.45, 7) is 0.671. The summed E-state index contributed by atoms with van der Waals surface area (Å²) >= 11 is 0. The Hall–Kier alpha value is -0.910. The summed E-state index contributed by atoms with van der Waals surface area (Å²) in [5.41, 5.74) is 6.30. The van der Waals surface area contributed by atoms with Gasteiger partial charge in [0, 0.05) is 12.6 Å². The van der Waals surface area contributed by atoms with Gasteiger partial charge in [-0.1, -0.05) is 0 Å². The van der Waals surface area contributed by atoms with E-state index in [-0.39, 0.29) is 0 Å². The minimum absolute atomic E-state index is 0.671. The molecule has 1 rings (SSSR count). The molecule has 0 unspecified atom stereocenters. The van der Waals surface area contributed by atoms with E-state index >= 15 is 0 Å². The third-order valence-corrected chi connectivity index (χ3v) is 0.955. The van der Waals surface area contributed by atoms with Crippen molar-refractivity contribution in [2.24, 2.45) is 11.6 Å². The number of hydrogen-bond acceptors (Lipinski definition) is 4. The van der Waals surface area contributed by atoms with E-state index in [4.69, 9.17) is 10.9 Å². The van der Waals surface area contributed by atoms with Crippen molar-refractivity contribution in [3.05, 3.63) is 18.2 Å². The molecule has 0 saturated carbocycles. The van der Waals surface area contributed by atoms with Crippen molar-refractivity contribution in [2.45, 2.75) is 6.42 Å². The Morgan fingerprint density at radius 1 is 1.60 bits per heavy atom. The summed E-state index contributed by atoms with van der Waals surface area (Å²) < 4.78 is 0. The number of nitrogens with one attached hydrogen (secondary N) is 1. The summed E-state index contributed by atoms with van der Waals surface area (Å²) in [6, 6.07) is 0. The molecule has 58 valence electrons. The lowest BCUT2D eigenvalue weighted by Crippen LogP contribution is -2.02. The Bertz CT molecular complexity index is 139. The fourth-order valence-electron chi connectivity index (χ4n) is 0.576. The van der Waals surface area contributed by atoms with Gasteiger partial charge in [0.25, 0.3) is 0 Å². The quantitative estimate of drug-likeness (QED) is 0.410. The first-order valence-corrected chi connectivity index (χ1v) is 2.87. The van der Waals surface area contributed by atoms with Crippen LogP contribution in [0.5, 0.6) is 0 Å². The minimum atomic E-state index is 0.671. The predicted molar refractivity (Wildman–Crippen MR) is 37.3 cm³/mol. The number of nitrogens with two attached hydrogens (primary N) is 2. The number of aromatic nitrogens is 2. The molecule has 0 bridgehead atoms. The molecule has 5 heteroatoms. The van der Waals surface area contributed by atoms with Crippen LogP contribution in [0, 0.1) is 0 Å². The van der Waals surface area contributed by atoms with Gasteiger partial charge in [0.1, 0.15) is 0 Å². The van der Waals surface area contributed by atoms with Crippen molar-refractivity contribution in [1.29, 1.82) is 0 Å². The number of rotatable bonds is 2. The van der Waals surface area contributed by atoms with Gasteiger partial charge in [-0.25, -0.2) is 10.9 Å². The summed E-state index contributed by atoms with van der Waals surface area (Å²) in [5.74, 6) is 3.50. The van der Waals surface area contributed by atoms with Crippen LogP contribution in [0.3, 0.4) is 0 Å². The number of nitrogens with zero attached hydrogens (tertiary/aromatic N) is 1. The molecular weight excluding hydrogens is 132 g/mol. The smallest absolute Gasteiger partial charge is 0.0923 e. The lowest BCUT2D eigenvalue weighted by atomic mass is 10.3. The fraction of sp³-hybridized carbons (Fsp3) is 0.400. The molecule has 1 aromatic rings. The van der Waals surface area contributed by atoms with Gasteiger partial charge in [0.05, 0.1) is 12.0 Å². The van der Waals surface area contributed by atoms with Crippen molar-refractivity contribution in [1.82, 2.24) is 9.97 Å². The highest BCUT2D eigenvalue weighted by Gasteiger charge is 1.87. The maximum atomic E-state index is 6.50. The normalized spacial score (nSPS) is 8.30. The van der Waals surface area contributed by atoms with Crippen LogP contribution in [-0.4, -0.2) is 21.7 Å². The fourth-order valence-corrected chi connectivity index (χ4v) is 0.576. The van der Waals surface area contributed by atoms with Gasteiger partial charge in [-0.15, -0.1) is 0 Å². The van der Waals surface area contributed by atoms with E-state index in [1.165, 1.54) is 0 Å². The molecule has 0 atom stereocenters. The number of aromatic amines is 1. The lowest BCUT2D eigenvalue weighted by Gasteiger charge is -1.85. The van der Waals surface area contributed by atoms with Crippen LogP contribution < -0.4 is 11.6 Å². The molecule has 10 heavy (non-hydrogen) atoms. The van der Waals surface area contributed by atoms with Crippen molar-refractivity contribution < 1.29 is 5.21 Å². The van der Waals surface area contributed by atoms with Crippen LogP contribution in [0.2, 0.25) is 0 Å². The van der Waals surface area contributed by atoms with Crippen LogP contribution >= 0.6 is 0 Å². The molecule has 0 radical (unpaired) electrons. The summed E-state index contributed by atoms with van der Waals surface area (Å²) in [5, 5.41) is 6.50. The first-order valence-electron chi connectivity index (χ1n) is 2.87. The van der Waals surface area contributed by atoms with E-state index in [0.717, 1.165) is 12.1 Å². The molecule has 1 heterocycles. The van der Waals surface area contributed by atoms with Crippen molar-refractivity contribution in [3.63, 3.8) is 0 Å². The third-order valence-electron chi connectivity index (χ3n) is 0.955. The third kappa shape index (κ3) is 3.18. The monoisotopic (exact) mass is 144 g/mol. The van der Waals surface area contributed by atoms with Crippen LogP contribution in [-0.2, 0) is 6.42 Å². The summed E-state index contributed by atoms with van der Waals surface area (Å²) in [6.07, 6.45) is 4.38. The molecule has 0 aliphatic rings. The van der Waals surface area contributed by atoms with Crippen LogP contribution in [0.25, 0.3) is 0 Å². The van der Waals surface area contributed by atoms with Crippen LogP contribution in [0.1, 0.15) is 5.69 Å². The van der Waals surface area contributed by atoms with E-state index in [9.17, 15) is 0 Å². The highest BCUT2D eigenvalue weighted by atomic mass is 16.4. The zero-order chi connectivity index (χ0) is 7.82. The van der Waals surface area contributed by atoms with Gasteiger partial charge in [-0.2, -0.15) is 0 Å². The largest absolute Gasteiger partial charge is 0.351 e. The molecular formula is C5H12N4O. The van der Waals surface area contributed by atoms with E-state index < -0.39 is 0 Å². The first kappa shape index (κ1) is 9.09. The second-order valence-electron chi connectivity index (χ2n) is 1.60. The highest BCUT2D eigenvalue weighted by Crippen LogP contribution is 1.88. The molecule has 0 aliphatic carbocycles. The Morgan fingerprint density at radius 2 is 2.30 bits per heavy atom. The average molecular weight is 144 g/mol. The van der Waals surface area contributed by atoms with Crippen molar-refractivity contribution >= 4 is 0 Å². The van der Waals surface area contributed by atoms with Gasteiger partial charge < -0.3 is 15.9 Å². The number of hydrogen-bond donors (Lipinski definition) is 4. The van der Waals surface area contributed by atoms with Gasteiger partial charge in [-0.05, 0) is 6.54 Å². The second-order valence-corrected chi connectivity index (χ2v) is 1.60. The van der Waals surface area contributed by atoms with Gasteiger partial charge in [0.15, 0.2) is 0 Å². The maximum Gasteiger partial charge on any atom is 0.0923 e. The minimum Gasteiger partial charge on any atom is -0.351 e. The molecule has 0 fully saturated rings. The summed E-state index contributed by atoms with van der Waals surface area (Å²) in [7, 11) is 0. The molecule has 0 aliphatic heterocycles. The van der Waals surface area contributed by atoms with E-state index in [2.05, 4.69) is 15.9 Å². The Morgan fingerprint density at radius 3 is 2.70 bits per heavy atom. The average Bonchev–Trinajstić information content (AvgIpc) is 2.46. The summed E-state index contributed by atoms with van der Waals surface area (Å²) in [4.78, 5) is 6.82. The zero-order valence-corrected chi connectivity index (χ0v) is 5.62. The topological polar surface area (TPSA) is 101 Å². The maximum absolute atomic E-state index is 6.50. The van der Waals surface area contributed by atoms with E-state index in [1.54, 1.807) is 6.33 Å². The van der Waals surface area contributed by atoms with Crippen molar-refractivity contribution in [3.8, 4) is 0 Å². The van der Waals surface area contributed by atoms with Crippen LogP contribution in [0.4, 0.5) is 0 Å². The van der Waals surface area contributed by atoms with Gasteiger partial charge in [0.2, 0.25) is 0 Å². The molecule has 0 spiro atoms. The molecule has 6 N–H and O–H groups in total. The standard InChI is InChI=1S/C5H9N3.H3NO/c6-2-1-5-3-7-4-8-5;1-2/h3-4H,1-2,6H2,(H,7,8);2H,1H2. The number of imidazole rings is 1. The first-order chi connectivity index (χ1) is 4.93. The second kappa shape index (κ2) is 6.21. The predicted octanol–water partition coefficient (Wildman–Crippen LogP) is -0.755. The lowest BCUT2D eigenvalue weighted by molar-refractivity contribution is 0.311. The van der Waals surface area contributed by atoms with E-state index in [1.807, 2.05) is 6.20 Å². The highest BCUT2D eigenvalue weighted by molar-refractivity contribution is 4.93. The van der Waals surface area contributed by atoms with Gasteiger partial charge >= 0.3 is 0 Å². The molecule has 5 nitrogen and oxygen atoms in total. The van der Waals surface area contributed by atoms with Crippen molar-refractivity contribution in [2.75, 3.05) is 6.54 Å². The van der Waals surface area contributed by atoms with E-state index in [0.29, 0.717) is 6.54 Å². The Kier molecular flexibility index (Phi) is 5.65. The SMILES string of the molecule is NCCc1c[nH]cn1.NO. The zero-order valence-electron chi connectivity index (χ0n) is 5.62. The Balaban J connectivity index is 0.000000371. The molecule has 0 amide bonds. The number of H-pyrrole nitrogens is 1. The van der Waals surface area contributed by atoms with Crippen LogP contribution in [0.15, 0.2) is 12.5 Å². The molecule has 0 aromatic carbocycles. The van der Waals surface area contributed by atoms with Gasteiger partial charge in [-0.3, -0.25) is 0 Å². The molecule has 1 aromatic heterocycles. The molecule has 0 saturated heterocycles. The Labute approximate surface area is 59.0 Å².